The van der Waals surface area contributed by atoms with Crippen LogP contribution in [-0.4, -0.2) is 20.9 Å². The van der Waals surface area contributed by atoms with Gasteiger partial charge in [0.25, 0.3) is 0 Å². The van der Waals surface area contributed by atoms with Crippen LogP contribution in [0.25, 0.3) is 16.6 Å². The third kappa shape index (κ3) is 2.29. The summed E-state index contributed by atoms with van der Waals surface area (Å²) >= 11 is 0. The number of hydrogen-bond acceptors (Lipinski definition) is 2. The van der Waals surface area contributed by atoms with E-state index in [-0.39, 0.29) is 0 Å². The second kappa shape index (κ2) is 4.74. The molecular weight excluding hydrogens is 264 g/mol. The van der Waals surface area contributed by atoms with E-state index in [9.17, 15) is 9.90 Å². The predicted octanol–water partition coefficient (Wildman–Crippen LogP) is 3.39. The highest BCUT2D eigenvalue weighted by Crippen LogP contribution is 2.25. The monoisotopic (exact) mass is 280 g/mol. The molecule has 0 radical (unpaired) electrons. The van der Waals surface area contributed by atoms with E-state index in [0.717, 1.165) is 22.2 Å². The normalized spacial score (nSPS) is 11.7. The fraction of sp³-hybridized carbons (Fsp3) is 0.176. The van der Waals surface area contributed by atoms with Crippen molar-refractivity contribution < 1.29 is 9.90 Å². The van der Waals surface area contributed by atoms with Crippen LogP contribution in [0, 0.1) is 0 Å². The van der Waals surface area contributed by atoms with Gasteiger partial charge < -0.3 is 5.11 Å². The molecule has 0 bridgehead atoms. The highest BCUT2D eigenvalue weighted by Gasteiger charge is 2.29. The standard InChI is InChI=1S/C17H16N2O2/c1-17(2,16(20)21)13-7-9-14(10-8-13)19-11-12-5-3-4-6-15(12)18-19/h3-11H,1-2H3,(H,20,21). The largest absolute Gasteiger partial charge is 0.481 e. The lowest BCUT2D eigenvalue weighted by Crippen LogP contribution is -2.28. The van der Waals surface area contributed by atoms with Crippen LogP contribution in [-0.2, 0) is 10.2 Å². The fourth-order valence-corrected chi connectivity index (χ4v) is 2.25. The van der Waals surface area contributed by atoms with Gasteiger partial charge in [0.05, 0.1) is 16.6 Å². The number of fused-ring (bicyclic) bond motifs is 1. The molecule has 2 aromatic carbocycles. The predicted molar refractivity (Wildman–Crippen MR) is 81.7 cm³/mol. The molecule has 1 N–H and O–H groups in total. The van der Waals surface area contributed by atoms with Crippen LogP contribution in [0.15, 0.2) is 54.7 Å². The van der Waals surface area contributed by atoms with Crippen LogP contribution in [0.4, 0.5) is 0 Å². The van der Waals surface area contributed by atoms with Crippen LogP contribution in [0.3, 0.4) is 0 Å². The molecular formula is C17H16N2O2. The molecule has 0 saturated heterocycles. The van der Waals surface area contributed by atoms with Gasteiger partial charge in [-0.3, -0.25) is 4.79 Å². The molecule has 0 aliphatic rings. The molecule has 1 aromatic heterocycles. The summed E-state index contributed by atoms with van der Waals surface area (Å²) < 4.78 is 1.81. The number of benzene rings is 2. The number of aliphatic carboxylic acids is 1. The minimum Gasteiger partial charge on any atom is -0.481 e. The first-order valence-electron chi connectivity index (χ1n) is 6.77. The van der Waals surface area contributed by atoms with Crippen molar-refractivity contribution in [2.45, 2.75) is 19.3 Å². The number of rotatable bonds is 3. The maximum atomic E-state index is 11.3. The molecule has 0 spiro atoms. The Balaban J connectivity index is 1.99. The minimum atomic E-state index is -0.895. The highest BCUT2D eigenvalue weighted by atomic mass is 16.4. The molecule has 0 aliphatic heterocycles. The molecule has 0 atom stereocenters. The average Bonchev–Trinajstić information content (AvgIpc) is 2.91. The number of nitrogens with zero attached hydrogens (tertiary/aromatic N) is 2. The van der Waals surface area contributed by atoms with Crippen molar-refractivity contribution in [3.8, 4) is 5.69 Å². The summed E-state index contributed by atoms with van der Waals surface area (Å²) in [4.78, 5) is 11.3. The van der Waals surface area contributed by atoms with Gasteiger partial charge in [0.2, 0.25) is 0 Å². The van der Waals surface area contributed by atoms with E-state index < -0.39 is 11.4 Å². The summed E-state index contributed by atoms with van der Waals surface area (Å²) in [5, 5.41) is 14.8. The van der Waals surface area contributed by atoms with E-state index in [4.69, 9.17) is 0 Å². The molecule has 1 heterocycles. The molecule has 0 aliphatic carbocycles. The Morgan fingerprint density at radius 1 is 1.10 bits per heavy atom. The summed E-state index contributed by atoms with van der Waals surface area (Å²) in [5.41, 5.74) is 1.73. The second-order valence-corrected chi connectivity index (χ2v) is 5.61. The lowest BCUT2D eigenvalue weighted by molar-refractivity contribution is -0.142. The van der Waals surface area contributed by atoms with E-state index in [1.165, 1.54) is 0 Å². The average molecular weight is 280 g/mol. The molecule has 0 unspecified atom stereocenters. The van der Waals surface area contributed by atoms with Gasteiger partial charge in [-0.25, -0.2) is 4.68 Å². The van der Waals surface area contributed by atoms with E-state index in [0.29, 0.717) is 0 Å². The topological polar surface area (TPSA) is 55.1 Å². The maximum absolute atomic E-state index is 11.3. The van der Waals surface area contributed by atoms with Crippen LogP contribution < -0.4 is 0 Å². The number of hydrogen-bond donors (Lipinski definition) is 1. The Labute approximate surface area is 122 Å². The summed E-state index contributed by atoms with van der Waals surface area (Å²) in [6.07, 6.45) is 1.96. The summed E-state index contributed by atoms with van der Waals surface area (Å²) in [7, 11) is 0. The SMILES string of the molecule is CC(C)(C(=O)O)c1ccc(-n2cc3ccccc3n2)cc1. The zero-order valence-corrected chi connectivity index (χ0v) is 11.9. The number of carboxylic acid groups (broad SMARTS) is 1. The molecule has 3 rings (SSSR count). The Morgan fingerprint density at radius 3 is 2.38 bits per heavy atom. The van der Waals surface area contributed by atoms with Crippen molar-refractivity contribution in [1.29, 1.82) is 0 Å². The molecule has 0 amide bonds. The summed E-state index contributed by atoms with van der Waals surface area (Å²) in [6.45, 7) is 3.40. The third-order valence-electron chi connectivity index (χ3n) is 3.80. The van der Waals surface area contributed by atoms with Gasteiger partial charge in [-0.2, -0.15) is 5.10 Å². The molecule has 106 valence electrons. The first-order valence-corrected chi connectivity index (χ1v) is 6.77. The number of carboxylic acids is 1. The lowest BCUT2D eigenvalue weighted by atomic mass is 9.85. The highest BCUT2D eigenvalue weighted by molar-refractivity contribution is 5.80. The molecule has 4 nitrogen and oxygen atoms in total. The molecule has 3 aromatic rings. The zero-order valence-electron chi connectivity index (χ0n) is 11.9. The van der Waals surface area contributed by atoms with Gasteiger partial charge in [-0.1, -0.05) is 30.3 Å². The minimum absolute atomic E-state index is 0.774. The van der Waals surface area contributed by atoms with Gasteiger partial charge in [0.1, 0.15) is 0 Å². The smallest absolute Gasteiger partial charge is 0.313 e. The quantitative estimate of drug-likeness (QED) is 0.800. The number of aromatic nitrogens is 2. The van der Waals surface area contributed by atoms with Gasteiger partial charge in [-0.05, 0) is 37.6 Å². The Kier molecular flexibility index (Phi) is 3.01. The van der Waals surface area contributed by atoms with E-state index in [1.807, 2.05) is 59.4 Å². The second-order valence-electron chi connectivity index (χ2n) is 5.61. The Hall–Kier alpha value is -2.62. The number of carbonyl (C=O) groups is 1. The van der Waals surface area contributed by atoms with Crippen molar-refractivity contribution >= 4 is 16.9 Å². The van der Waals surface area contributed by atoms with Crippen LogP contribution in [0.1, 0.15) is 19.4 Å². The van der Waals surface area contributed by atoms with Gasteiger partial charge >= 0.3 is 5.97 Å². The van der Waals surface area contributed by atoms with Crippen molar-refractivity contribution in [3.63, 3.8) is 0 Å². The first-order chi connectivity index (χ1) is 9.98. The lowest BCUT2D eigenvalue weighted by Gasteiger charge is -2.19. The molecule has 21 heavy (non-hydrogen) atoms. The molecule has 4 heteroatoms. The van der Waals surface area contributed by atoms with Gasteiger partial charge in [0, 0.05) is 11.6 Å². The van der Waals surface area contributed by atoms with Crippen molar-refractivity contribution in [2.75, 3.05) is 0 Å². The fourth-order valence-electron chi connectivity index (χ4n) is 2.25. The Morgan fingerprint density at radius 2 is 1.76 bits per heavy atom. The zero-order chi connectivity index (χ0) is 15.0. The Bertz CT molecular complexity index is 768. The van der Waals surface area contributed by atoms with Crippen LogP contribution in [0.5, 0.6) is 0 Å². The van der Waals surface area contributed by atoms with Crippen molar-refractivity contribution in [3.05, 3.63) is 60.3 Å². The van der Waals surface area contributed by atoms with E-state index >= 15 is 0 Å². The molecule has 0 fully saturated rings. The van der Waals surface area contributed by atoms with Gasteiger partial charge in [0.15, 0.2) is 0 Å². The maximum Gasteiger partial charge on any atom is 0.313 e. The van der Waals surface area contributed by atoms with Crippen molar-refractivity contribution in [1.82, 2.24) is 9.78 Å². The van der Waals surface area contributed by atoms with E-state index in [2.05, 4.69) is 5.10 Å². The van der Waals surface area contributed by atoms with Crippen molar-refractivity contribution in [2.24, 2.45) is 0 Å². The van der Waals surface area contributed by atoms with Gasteiger partial charge in [-0.15, -0.1) is 0 Å². The summed E-state index contributed by atoms with van der Waals surface area (Å²) in [6, 6.07) is 15.4. The third-order valence-corrected chi connectivity index (χ3v) is 3.80. The van der Waals surface area contributed by atoms with E-state index in [1.54, 1.807) is 13.8 Å². The summed E-state index contributed by atoms with van der Waals surface area (Å²) in [5.74, 6) is -0.833. The van der Waals surface area contributed by atoms with Crippen LogP contribution in [0.2, 0.25) is 0 Å². The first kappa shape index (κ1) is 13.4. The van der Waals surface area contributed by atoms with Crippen LogP contribution >= 0.6 is 0 Å². The molecule has 0 saturated carbocycles.